The van der Waals surface area contributed by atoms with E-state index in [-0.39, 0.29) is 29.7 Å². The highest BCUT2D eigenvalue weighted by atomic mass is 16.5. The Balaban J connectivity index is 1.60. The number of carbonyl (C=O) groups excluding carboxylic acids is 2. The molecule has 2 amide bonds. The molecule has 188 valence electrons. The van der Waals surface area contributed by atoms with E-state index in [2.05, 4.69) is 34.0 Å². The number of methoxy groups -OCH3 is 1. The van der Waals surface area contributed by atoms with Crippen LogP contribution >= 0.6 is 0 Å². The summed E-state index contributed by atoms with van der Waals surface area (Å²) < 4.78 is 12.0. The maximum atomic E-state index is 13.5. The third kappa shape index (κ3) is 6.35. The van der Waals surface area contributed by atoms with E-state index in [9.17, 15) is 9.59 Å². The van der Waals surface area contributed by atoms with Gasteiger partial charge >= 0.3 is 0 Å². The summed E-state index contributed by atoms with van der Waals surface area (Å²) >= 11 is 0. The highest BCUT2D eigenvalue weighted by molar-refractivity contribution is 6.04. The molecule has 0 radical (unpaired) electrons. The van der Waals surface area contributed by atoms with Crippen molar-refractivity contribution >= 4 is 17.5 Å². The minimum atomic E-state index is -0.398. The Bertz CT molecular complexity index is 1030. The number of amides is 2. The van der Waals surface area contributed by atoms with Crippen molar-refractivity contribution in [2.24, 2.45) is 11.8 Å². The number of nitrogens with zero attached hydrogens (tertiary/aromatic N) is 4. The smallest absolute Gasteiger partial charge is 0.275 e. The van der Waals surface area contributed by atoms with Crippen LogP contribution in [0.1, 0.15) is 47.5 Å². The molecule has 35 heavy (non-hydrogen) atoms. The van der Waals surface area contributed by atoms with Gasteiger partial charge in [-0.3, -0.25) is 19.5 Å². The molecule has 9 heteroatoms. The molecule has 3 atom stereocenters. The quantitative estimate of drug-likeness (QED) is 0.701. The monoisotopic (exact) mass is 481 g/mol. The Morgan fingerprint density at radius 1 is 1.23 bits per heavy atom. The number of rotatable bonds is 5. The van der Waals surface area contributed by atoms with Crippen LogP contribution in [-0.4, -0.2) is 84.1 Å². The van der Waals surface area contributed by atoms with E-state index in [1.54, 1.807) is 37.3 Å². The van der Waals surface area contributed by atoms with Gasteiger partial charge < -0.3 is 19.7 Å². The lowest BCUT2D eigenvalue weighted by Crippen LogP contribution is -2.47. The Labute approximate surface area is 206 Å². The second-order valence-corrected chi connectivity index (χ2v) is 9.75. The third-order valence-corrected chi connectivity index (χ3v) is 6.82. The van der Waals surface area contributed by atoms with Crippen molar-refractivity contribution in [1.29, 1.82) is 0 Å². The maximum absolute atomic E-state index is 13.5. The molecule has 1 N–H and O–H groups in total. The van der Waals surface area contributed by atoms with Crippen LogP contribution in [-0.2, 0) is 4.74 Å². The molecule has 1 aliphatic carbocycles. The highest BCUT2D eigenvalue weighted by Crippen LogP contribution is 2.32. The van der Waals surface area contributed by atoms with Gasteiger partial charge in [0.25, 0.3) is 11.8 Å². The first-order valence-electron chi connectivity index (χ1n) is 12.2. The van der Waals surface area contributed by atoms with E-state index in [1.165, 1.54) is 31.4 Å². The molecule has 1 saturated carbocycles. The summed E-state index contributed by atoms with van der Waals surface area (Å²) in [6.07, 6.45) is 6.84. The number of likely N-dealkylation sites (N-methyl/N-ethyl adjacent to an activating group) is 1. The zero-order valence-corrected chi connectivity index (χ0v) is 20.9. The number of anilines is 1. The molecule has 0 bridgehead atoms. The number of benzene rings is 1. The summed E-state index contributed by atoms with van der Waals surface area (Å²) in [6.45, 7) is 7.22. The zero-order chi connectivity index (χ0) is 24.9. The van der Waals surface area contributed by atoms with Crippen LogP contribution in [0.4, 0.5) is 5.69 Å². The molecule has 1 aromatic heterocycles. The summed E-state index contributed by atoms with van der Waals surface area (Å²) in [6, 6.07) is 5.32. The van der Waals surface area contributed by atoms with E-state index in [4.69, 9.17) is 9.47 Å². The molecule has 0 saturated heterocycles. The lowest BCUT2D eigenvalue weighted by Gasteiger charge is -2.36. The molecule has 2 heterocycles. The number of hydrogen-bond donors (Lipinski definition) is 1. The van der Waals surface area contributed by atoms with Gasteiger partial charge in [0.2, 0.25) is 0 Å². The van der Waals surface area contributed by atoms with Gasteiger partial charge in [-0.15, -0.1) is 0 Å². The van der Waals surface area contributed by atoms with E-state index in [1.807, 2.05) is 0 Å². The second kappa shape index (κ2) is 11.1. The first kappa shape index (κ1) is 25.1. The van der Waals surface area contributed by atoms with E-state index in [0.29, 0.717) is 30.2 Å². The molecule has 2 aromatic rings. The minimum absolute atomic E-state index is 0.0961. The van der Waals surface area contributed by atoms with Gasteiger partial charge in [0.1, 0.15) is 18.1 Å². The van der Waals surface area contributed by atoms with Crippen LogP contribution in [0.5, 0.6) is 5.75 Å². The van der Waals surface area contributed by atoms with Crippen LogP contribution in [0.25, 0.3) is 0 Å². The lowest BCUT2D eigenvalue weighted by atomic mass is 10.0. The molecule has 1 aliphatic heterocycles. The highest BCUT2D eigenvalue weighted by Gasteiger charge is 2.31. The second-order valence-electron chi connectivity index (χ2n) is 9.75. The predicted molar refractivity (Wildman–Crippen MR) is 133 cm³/mol. The Morgan fingerprint density at radius 3 is 2.71 bits per heavy atom. The minimum Gasteiger partial charge on any atom is -0.491 e. The molecule has 0 unspecified atom stereocenters. The van der Waals surface area contributed by atoms with E-state index >= 15 is 0 Å². The standard InChI is InChI=1S/C26H35N5O4/c1-17-13-31(14-19-5-6-19)18(2)16-35-23-8-7-20(29-25(32)22-12-27-9-10-28-22)11-21(23)26(33)30(3)15-24(17)34-4/h7-12,17-19,24H,5-6,13-16H2,1-4H3,(H,29,32)/t17-,18+,24-/m0/s1. The van der Waals surface area contributed by atoms with Crippen LogP contribution in [0.3, 0.4) is 0 Å². The average molecular weight is 482 g/mol. The maximum Gasteiger partial charge on any atom is 0.275 e. The summed E-state index contributed by atoms with van der Waals surface area (Å²) in [4.78, 5) is 38.2. The summed E-state index contributed by atoms with van der Waals surface area (Å²) in [5.74, 6) is 0.919. The van der Waals surface area contributed by atoms with Crippen LogP contribution < -0.4 is 10.1 Å². The SMILES string of the molecule is CO[C@H]1CN(C)C(=O)c2cc(NC(=O)c3cnccn3)ccc2OC[C@@H](C)N(CC2CC2)C[C@@H]1C. The molecule has 9 nitrogen and oxygen atoms in total. The number of nitrogens with one attached hydrogen (secondary N) is 1. The molecule has 0 spiro atoms. The number of fused-ring (bicyclic) bond motifs is 1. The van der Waals surface area contributed by atoms with Gasteiger partial charge in [-0.2, -0.15) is 0 Å². The largest absolute Gasteiger partial charge is 0.491 e. The predicted octanol–water partition coefficient (Wildman–Crippen LogP) is 2.94. The van der Waals surface area contributed by atoms with Gasteiger partial charge in [-0.1, -0.05) is 6.92 Å². The summed E-state index contributed by atoms with van der Waals surface area (Å²) in [5.41, 5.74) is 1.08. The van der Waals surface area contributed by atoms with E-state index < -0.39 is 5.91 Å². The molecule has 1 aromatic carbocycles. The van der Waals surface area contributed by atoms with Gasteiger partial charge in [0.15, 0.2) is 0 Å². The number of aromatic nitrogens is 2. The zero-order valence-electron chi connectivity index (χ0n) is 20.9. The fraction of sp³-hybridized carbons (Fsp3) is 0.538. The van der Waals surface area contributed by atoms with Crippen molar-refractivity contribution in [2.45, 2.75) is 38.8 Å². The van der Waals surface area contributed by atoms with Crippen LogP contribution in [0, 0.1) is 11.8 Å². The van der Waals surface area contributed by atoms with Gasteiger partial charge in [-0.25, -0.2) is 4.98 Å². The number of ether oxygens (including phenoxy) is 2. The van der Waals surface area contributed by atoms with Crippen molar-refractivity contribution in [3.63, 3.8) is 0 Å². The number of hydrogen-bond acceptors (Lipinski definition) is 7. The van der Waals surface area contributed by atoms with Crippen molar-refractivity contribution in [1.82, 2.24) is 19.8 Å². The molecular weight excluding hydrogens is 446 g/mol. The van der Waals surface area contributed by atoms with E-state index in [0.717, 1.165) is 19.0 Å². The Kier molecular flexibility index (Phi) is 7.97. The average Bonchev–Trinajstić information content (AvgIpc) is 3.69. The summed E-state index contributed by atoms with van der Waals surface area (Å²) in [5, 5.41) is 2.80. The Morgan fingerprint density at radius 2 is 2.03 bits per heavy atom. The molecule has 1 fully saturated rings. The summed E-state index contributed by atoms with van der Waals surface area (Å²) in [7, 11) is 3.48. The lowest BCUT2D eigenvalue weighted by molar-refractivity contribution is 0.00994. The Hall–Kier alpha value is -3.04. The van der Waals surface area contributed by atoms with Crippen molar-refractivity contribution in [3.05, 3.63) is 48.0 Å². The van der Waals surface area contributed by atoms with Crippen molar-refractivity contribution in [2.75, 3.05) is 45.7 Å². The van der Waals surface area contributed by atoms with Gasteiger partial charge in [0.05, 0.1) is 17.9 Å². The van der Waals surface area contributed by atoms with Gasteiger partial charge in [0, 0.05) is 57.9 Å². The van der Waals surface area contributed by atoms with Crippen LogP contribution in [0.2, 0.25) is 0 Å². The fourth-order valence-corrected chi connectivity index (χ4v) is 4.43. The number of carbonyl (C=O) groups is 2. The molecular formula is C26H35N5O4. The molecule has 4 rings (SSSR count). The normalized spacial score (nSPS) is 24.1. The topological polar surface area (TPSA) is 96.9 Å². The first-order valence-corrected chi connectivity index (χ1v) is 12.2. The van der Waals surface area contributed by atoms with Gasteiger partial charge in [-0.05, 0) is 49.8 Å². The third-order valence-electron chi connectivity index (χ3n) is 6.82. The first-order chi connectivity index (χ1) is 16.9. The fourth-order valence-electron chi connectivity index (χ4n) is 4.43. The van der Waals surface area contributed by atoms with Crippen molar-refractivity contribution in [3.8, 4) is 5.75 Å². The van der Waals surface area contributed by atoms with Crippen molar-refractivity contribution < 1.29 is 19.1 Å². The molecule has 2 aliphatic rings. The van der Waals surface area contributed by atoms with Crippen LogP contribution in [0.15, 0.2) is 36.8 Å².